The molecule has 2 N–H and O–H groups in total. The summed E-state index contributed by atoms with van der Waals surface area (Å²) in [6.07, 6.45) is 8.32. The first-order valence-corrected chi connectivity index (χ1v) is 8.00. The Bertz CT molecular complexity index is 394. The second-order valence-corrected chi connectivity index (χ2v) is 6.23. The highest BCUT2D eigenvalue weighted by atomic mass is 14.5. The summed E-state index contributed by atoms with van der Waals surface area (Å²) in [6.45, 7) is 8.64. The van der Waals surface area contributed by atoms with Crippen molar-refractivity contribution < 1.29 is 0 Å². The van der Waals surface area contributed by atoms with Crippen LogP contribution in [0.1, 0.15) is 69.9 Å². The van der Waals surface area contributed by atoms with E-state index < -0.39 is 0 Å². The van der Waals surface area contributed by atoms with Crippen LogP contribution in [0.4, 0.5) is 0 Å². The fourth-order valence-corrected chi connectivity index (χ4v) is 2.55. The van der Waals surface area contributed by atoms with Gasteiger partial charge in [0.2, 0.25) is 0 Å². The highest BCUT2D eigenvalue weighted by Gasteiger charge is 2.19. The van der Waals surface area contributed by atoms with E-state index in [-0.39, 0.29) is 0 Å². The van der Waals surface area contributed by atoms with Crippen molar-refractivity contribution in [3.63, 3.8) is 0 Å². The van der Waals surface area contributed by atoms with Crippen LogP contribution < -0.4 is 5.73 Å². The zero-order valence-corrected chi connectivity index (χ0v) is 13.7. The lowest BCUT2D eigenvalue weighted by Gasteiger charge is -2.26. The molecule has 0 heterocycles. The van der Waals surface area contributed by atoms with E-state index in [0.717, 1.165) is 18.3 Å². The standard InChI is InChI=1S/C14H20.C5H11N/c1-11-3-7-13(8-4-11)14-9-5-12(2)6-10-14;1-3-5(2)4-6/h3-4,7-8,12,14H,5-6,9-10H2,1-2H3;4H,3,6H2,1-2H3/b;5-4-. The van der Waals surface area contributed by atoms with Gasteiger partial charge in [-0.15, -0.1) is 0 Å². The number of hydrogen-bond acceptors (Lipinski definition) is 1. The van der Waals surface area contributed by atoms with Crippen molar-refractivity contribution in [3.8, 4) is 0 Å². The molecule has 0 radical (unpaired) electrons. The Hall–Kier alpha value is -1.24. The first kappa shape index (κ1) is 16.8. The summed E-state index contributed by atoms with van der Waals surface area (Å²) < 4.78 is 0. The lowest BCUT2D eigenvalue weighted by atomic mass is 9.79. The molecule has 0 spiro atoms. The second kappa shape index (κ2) is 8.84. The van der Waals surface area contributed by atoms with Crippen molar-refractivity contribution in [1.29, 1.82) is 0 Å². The van der Waals surface area contributed by atoms with E-state index in [2.05, 4.69) is 45.0 Å². The summed E-state index contributed by atoms with van der Waals surface area (Å²) in [4.78, 5) is 0. The van der Waals surface area contributed by atoms with Gasteiger partial charge in [-0.1, -0.05) is 62.1 Å². The number of aryl methyl sites for hydroxylation is 1. The quantitative estimate of drug-likeness (QED) is 0.751. The fraction of sp³-hybridized carbons (Fsp3) is 0.579. The van der Waals surface area contributed by atoms with Crippen molar-refractivity contribution in [2.24, 2.45) is 11.7 Å². The summed E-state index contributed by atoms with van der Waals surface area (Å²) in [7, 11) is 0. The van der Waals surface area contributed by atoms with Crippen LogP contribution in [0, 0.1) is 12.8 Å². The van der Waals surface area contributed by atoms with Crippen LogP contribution >= 0.6 is 0 Å². The highest BCUT2D eigenvalue weighted by Crippen LogP contribution is 2.35. The third-order valence-electron chi connectivity index (χ3n) is 4.41. The van der Waals surface area contributed by atoms with Crippen molar-refractivity contribution in [2.75, 3.05) is 0 Å². The van der Waals surface area contributed by atoms with E-state index in [0.29, 0.717) is 0 Å². The van der Waals surface area contributed by atoms with Gasteiger partial charge in [0.1, 0.15) is 0 Å². The predicted octanol–water partition coefficient (Wildman–Crippen LogP) is 5.55. The fourth-order valence-electron chi connectivity index (χ4n) is 2.55. The molecule has 1 nitrogen and oxygen atoms in total. The number of nitrogens with two attached hydrogens (primary N) is 1. The molecule has 1 fully saturated rings. The van der Waals surface area contributed by atoms with Crippen LogP contribution in [-0.2, 0) is 0 Å². The molecule has 0 atom stereocenters. The van der Waals surface area contributed by atoms with Gasteiger partial charge in [-0.05, 0) is 56.7 Å². The van der Waals surface area contributed by atoms with E-state index in [1.54, 1.807) is 11.8 Å². The number of allylic oxidation sites excluding steroid dienone is 1. The van der Waals surface area contributed by atoms with Gasteiger partial charge in [0.05, 0.1) is 0 Å². The highest BCUT2D eigenvalue weighted by molar-refractivity contribution is 5.24. The Morgan fingerprint density at radius 3 is 2.10 bits per heavy atom. The molecule has 1 heteroatoms. The van der Waals surface area contributed by atoms with Crippen LogP contribution in [0.2, 0.25) is 0 Å². The zero-order valence-electron chi connectivity index (χ0n) is 13.7. The maximum absolute atomic E-state index is 5.12. The maximum atomic E-state index is 5.12. The van der Waals surface area contributed by atoms with E-state index in [1.165, 1.54) is 36.8 Å². The van der Waals surface area contributed by atoms with Crippen molar-refractivity contribution >= 4 is 0 Å². The Kier molecular flexibility index (Phi) is 7.43. The second-order valence-electron chi connectivity index (χ2n) is 6.23. The molecule has 0 unspecified atom stereocenters. The van der Waals surface area contributed by atoms with Gasteiger partial charge in [0.15, 0.2) is 0 Å². The lowest BCUT2D eigenvalue weighted by Crippen LogP contribution is -2.10. The van der Waals surface area contributed by atoms with Crippen LogP contribution in [-0.4, -0.2) is 0 Å². The first-order chi connectivity index (χ1) is 9.56. The van der Waals surface area contributed by atoms with Crippen molar-refractivity contribution in [3.05, 3.63) is 47.2 Å². The van der Waals surface area contributed by atoms with E-state index >= 15 is 0 Å². The molecule has 1 aromatic carbocycles. The Labute approximate surface area is 125 Å². The van der Waals surface area contributed by atoms with Gasteiger partial charge < -0.3 is 5.73 Å². The lowest BCUT2D eigenvalue weighted by molar-refractivity contribution is 0.348. The molecular formula is C19H31N. The molecule has 0 bridgehead atoms. The smallest absolute Gasteiger partial charge is 0.00734 e. The molecule has 0 amide bonds. The zero-order chi connectivity index (χ0) is 15.0. The van der Waals surface area contributed by atoms with Crippen LogP contribution in [0.25, 0.3) is 0 Å². The van der Waals surface area contributed by atoms with Gasteiger partial charge in [-0.2, -0.15) is 0 Å². The Morgan fingerprint density at radius 2 is 1.70 bits per heavy atom. The summed E-state index contributed by atoms with van der Waals surface area (Å²) >= 11 is 0. The molecule has 20 heavy (non-hydrogen) atoms. The molecular weight excluding hydrogens is 242 g/mol. The molecule has 1 saturated carbocycles. The predicted molar refractivity (Wildman–Crippen MR) is 89.8 cm³/mol. The molecule has 1 aromatic rings. The van der Waals surface area contributed by atoms with Gasteiger partial charge >= 0.3 is 0 Å². The monoisotopic (exact) mass is 273 g/mol. The molecule has 0 aliphatic heterocycles. The van der Waals surface area contributed by atoms with Crippen LogP contribution in [0.5, 0.6) is 0 Å². The third-order valence-corrected chi connectivity index (χ3v) is 4.41. The third kappa shape index (κ3) is 5.81. The average molecular weight is 273 g/mol. The van der Waals surface area contributed by atoms with Crippen molar-refractivity contribution in [1.82, 2.24) is 0 Å². The van der Waals surface area contributed by atoms with Gasteiger partial charge in [-0.3, -0.25) is 0 Å². The maximum Gasteiger partial charge on any atom is -0.00734 e. The summed E-state index contributed by atoms with van der Waals surface area (Å²) in [5.41, 5.74) is 9.30. The van der Waals surface area contributed by atoms with Gasteiger partial charge in [0.25, 0.3) is 0 Å². The van der Waals surface area contributed by atoms with Crippen LogP contribution in [0.15, 0.2) is 36.0 Å². The minimum atomic E-state index is 0.840. The first-order valence-electron chi connectivity index (χ1n) is 8.00. The minimum Gasteiger partial charge on any atom is -0.405 e. The normalized spacial score (nSPS) is 22.9. The van der Waals surface area contributed by atoms with E-state index in [1.807, 2.05) is 6.92 Å². The van der Waals surface area contributed by atoms with Gasteiger partial charge in [0, 0.05) is 0 Å². The topological polar surface area (TPSA) is 26.0 Å². The molecule has 0 saturated heterocycles. The number of hydrogen-bond donors (Lipinski definition) is 1. The largest absolute Gasteiger partial charge is 0.405 e. The molecule has 2 rings (SSSR count). The van der Waals surface area contributed by atoms with E-state index in [9.17, 15) is 0 Å². The number of rotatable bonds is 2. The van der Waals surface area contributed by atoms with Gasteiger partial charge in [-0.25, -0.2) is 0 Å². The average Bonchev–Trinajstić information content (AvgIpc) is 2.49. The molecule has 0 aromatic heterocycles. The Morgan fingerprint density at radius 1 is 1.15 bits per heavy atom. The number of benzene rings is 1. The van der Waals surface area contributed by atoms with Crippen LogP contribution in [0.3, 0.4) is 0 Å². The molecule has 1 aliphatic rings. The minimum absolute atomic E-state index is 0.840. The summed E-state index contributed by atoms with van der Waals surface area (Å²) in [6, 6.07) is 9.12. The summed E-state index contributed by atoms with van der Waals surface area (Å²) in [5.74, 6) is 1.79. The Balaban J connectivity index is 0.000000286. The SMILES string of the molecule is CC/C(C)=C\N.Cc1ccc(C2CCC(C)CC2)cc1. The summed E-state index contributed by atoms with van der Waals surface area (Å²) in [5, 5.41) is 0. The molecule has 1 aliphatic carbocycles. The molecule has 112 valence electrons. The van der Waals surface area contributed by atoms with Crippen molar-refractivity contribution in [2.45, 2.75) is 65.7 Å². The van der Waals surface area contributed by atoms with E-state index in [4.69, 9.17) is 5.73 Å².